The highest BCUT2D eigenvalue weighted by atomic mass is 16.5. The lowest BCUT2D eigenvalue weighted by Gasteiger charge is -2.19. The number of hydrogen-bond donors (Lipinski definition) is 1. The molecule has 8 heteroatoms. The molecule has 0 aliphatic carbocycles. The topological polar surface area (TPSA) is 103 Å². The molecule has 0 saturated carbocycles. The second-order valence-electron chi connectivity index (χ2n) is 6.74. The molecule has 2 aromatic carbocycles. The quantitative estimate of drug-likeness (QED) is 0.453. The molecule has 0 fully saturated rings. The number of aromatic nitrogens is 3. The van der Waals surface area contributed by atoms with Crippen LogP contribution in [0.2, 0.25) is 0 Å². The van der Waals surface area contributed by atoms with Crippen molar-refractivity contribution in [3.63, 3.8) is 0 Å². The van der Waals surface area contributed by atoms with Crippen LogP contribution in [0, 0.1) is 0 Å². The molecule has 3 aromatic rings. The van der Waals surface area contributed by atoms with E-state index < -0.39 is 17.9 Å². The third-order valence-electron chi connectivity index (χ3n) is 4.72. The van der Waals surface area contributed by atoms with E-state index in [9.17, 15) is 14.4 Å². The molecular formula is C22H22N4O4. The third kappa shape index (κ3) is 4.96. The third-order valence-corrected chi connectivity index (χ3v) is 4.72. The standard InChI is InChI=1S/C22H22N4O4/c1-15(21(28)25-19(22(29)30-2)12-26-14-23-13-24-26)17-9-6-10-18(11-17)20(27)16-7-4-3-5-8-16/h3-11,13-15,19H,12H2,1-2H3,(H,25,28)/t15-,19+/m0/s1. The number of methoxy groups -OCH3 is 1. The minimum Gasteiger partial charge on any atom is -0.467 e. The number of esters is 1. The molecule has 0 saturated heterocycles. The summed E-state index contributed by atoms with van der Waals surface area (Å²) in [4.78, 5) is 41.4. The van der Waals surface area contributed by atoms with Crippen LogP contribution in [0.5, 0.6) is 0 Å². The molecule has 1 amide bonds. The average Bonchev–Trinajstić information content (AvgIpc) is 3.30. The predicted molar refractivity (Wildman–Crippen MR) is 109 cm³/mol. The Kier molecular flexibility index (Phi) is 6.69. The van der Waals surface area contributed by atoms with Crippen molar-refractivity contribution in [2.24, 2.45) is 0 Å². The summed E-state index contributed by atoms with van der Waals surface area (Å²) in [6, 6.07) is 14.9. The second-order valence-corrected chi connectivity index (χ2v) is 6.74. The Morgan fingerprint density at radius 2 is 1.80 bits per heavy atom. The van der Waals surface area contributed by atoms with Crippen molar-refractivity contribution >= 4 is 17.7 Å². The number of benzene rings is 2. The zero-order valence-corrected chi connectivity index (χ0v) is 16.7. The van der Waals surface area contributed by atoms with Crippen molar-refractivity contribution in [1.29, 1.82) is 0 Å². The van der Waals surface area contributed by atoms with E-state index in [2.05, 4.69) is 15.4 Å². The van der Waals surface area contributed by atoms with Crippen LogP contribution < -0.4 is 5.32 Å². The van der Waals surface area contributed by atoms with Crippen LogP contribution in [0.1, 0.15) is 34.3 Å². The van der Waals surface area contributed by atoms with Gasteiger partial charge in [0.2, 0.25) is 5.91 Å². The number of nitrogens with zero attached hydrogens (tertiary/aromatic N) is 3. The highest BCUT2D eigenvalue weighted by Gasteiger charge is 2.26. The number of nitrogens with one attached hydrogen (secondary N) is 1. The summed E-state index contributed by atoms with van der Waals surface area (Å²) < 4.78 is 6.22. The van der Waals surface area contributed by atoms with E-state index in [1.165, 1.54) is 24.4 Å². The predicted octanol–water partition coefficient (Wildman–Crippen LogP) is 1.97. The fourth-order valence-corrected chi connectivity index (χ4v) is 2.99. The fourth-order valence-electron chi connectivity index (χ4n) is 2.99. The Balaban J connectivity index is 1.74. The molecule has 0 aliphatic rings. The van der Waals surface area contributed by atoms with Crippen LogP contribution in [0.4, 0.5) is 0 Å². The van der Waals surface area contributed by atoms with Gasteiger partial charge in [-0.1, -0.05) is 48.5 Å². The van der Waals surface area contributed by atoms with Crippen LogP contribution in [-0.2, 0) is 20.9 Å². The largest absolute Gasteiger partial charge is 0.467 e. The van der Waals surface area contributed by atoms with Gasteiger partial charge in [-0.2, -0.15) is 5.10 Å². The highest BCUT2D eigenvalue weighted by Crippen LogP contribution is 2.19. The van der Waals surface area contributed by atoms with Gasteiger partial charge in [-0.25, -0.2) is 9.78 Å². The molecule has 0 radical (unpaired) electrons. The normalized spacial score (nSPS) is 12.6. The van der Waals surface area contributed by atoms with E-state index in [0.717, 1.165) is 0 Å². The van der Waals surface area contributed by atoms with E-state index in [1.54, 1.807) is 55.5 Å². The van der Waals surface area contributed by atoms with E-state index in [0.29, 0.717) is 16.7 Å². The maximum Gasteiger partial charge on any atom is 0.330 e. The molecule has 2 atom stereocenters. The summed E-state index contributed by atoms with van der Waals surface area (Å²) in [5.74, 6) is -1.66. The van der Waals surface area contributed by atoms with Crippen LogP contribution in [0.3, 0.4) is 0 Å². The first-order valence-electron chi connectivity index (χ1n) is 9.40. The lowest BCUT2D eigenvalue weighted by Crippen LogP contribution is -2.45. The molecule has 0 spiro atoms. The molecule has 0 aliphatic heterocycles. The number of carbonyl (C=O) groups is 3. The number of hydrogen-bond acceptors (Lipinski definition) is 6. The number of amides is 1. The molecule has 0 unspecified atom stereocenters. The monoisotopic (exact) mass is 406 g/mol. The summed E-state index contributed by atoms with van der Waals surface area (Å²) in [5.41, 5.74) is 1.73. The second kappa shape index (κ2) is 9.60. The van der Waals surface area contributed by atoms with Gasteiger partial charge in [0.25, 0.3) is 0 Å². The van der Waals surface area contributed by atoms with Gasteiger partial charge in [-0.15, -0.1) is 0 Å². The van der Waals surface area contributed by atoms with Gasteiger partial charge < -0.3 is 10.1 Å². The van der Waals surface area contributed by atoms with Crippen LogP contribution in [0.25, 0.3) is 0 Å². The first kappa shape index (κ1) is 20.9. The molecule has 1 aromatic heterocycles. The van der Waals surface area contributed by atoms with Crippen molar-refractivity contribution in [2.45, 2.75) is 25.4 Å². The Hall–Kier alpha value is -3.81. The van der Waals surface area contributed by atoms with Crippen LogP contribution in [-0.4, -0.2) is 45.6 Å². The van der Waals surface area contributed by atoms with Gasteiger partial charge in [0.15, 0.2) is 5.78 Å². The SMILES string of the molecule is COC(=O)[C@@H](Cn1cncn1)NC(=O)[C@@H](C)c1cccc(C(=O)c2ccccc2)c1. The van der Waals surface area contributed by atoms with Gasteiger partial charge >= 0.3 is 5.97 Å². The lowest BCUT2D eigenvalue weighted by atomic mass is 9.95. The summed E-state index contributed by atoms with van der Waals surface area (Å²) in [7, 11) is 1.25. The number of ketones is 1. The van der Waals surface area contributed by atoms with Crippen LogP contribution in [0.15, 0.2) is 67.3 Å². The summed E-state index contributed by atoms with van der Waals surface area (Å²) in [6.45, 7) is 1.81. The molecule has 1 N–H and O–H groups in total. The zero-order chi connectivity index (χ0) is 21.5. The Morgan fingerprint density at radius 1 is 1.07 bits per heavy atom. The van der Waals surface area contributed by atoms with E-state index in [4.69, 9.17) is 4.74 Å². The number of carbonyl (C=O) groups excluding carboxylic acids is 3. The minimum atomic E-state index is -0.916. The van der Waals surface area contributed by atoms with E-state index in [1.807, 2.05) is 6.07 Å². The van der Waals surface area contributed by atoms with Crippen molar-refractivity contribution < 1.29 is 19.1 Å². The smallest absolute Gasteiger partial charge is 0.330 e. The first-order chi connectivity index (χ1) is 14.5. The van der Waals surface area contributed by atoms with Crippen molar-refractivity contribution in [1.82, 2.24) is 20.1 Å². The lowest BCUT2D eigenvalue weighted by molar-refractivity contribution is -0.145. The van der Waals surface area contributed by atoms with Crippen LogP contribution >= 0.6 is 0 Å². The highest BCUT2D eigenvalue weighted by molar-refractivity contribution is 6.09. The van der Waals surface area contributed by atoms with Gasteiger partial charge in [0.1, 0.15) is 18.7 Å². The average molecular weight is 406 g/mol. The first-order valence-corrected chi connectivity index (χ1v) is 9.40. The minimum absolute atomic E-state index is 0.0949. The molecule has 30 heavy (non-hydrogen) atoms. The van der Waals surface area contributed by atoms with Crippen molar-refractivity contribution in [2.75, 3.05) is 7.11 Å². The zero-order valence-electron chi connectivity index (χ0n) is 16.7. The van der Waals surface area contributed by atoms with Gasteiger partial charge in [0, 0.05) is 11.1 Å². The molecule has 1 heterocycles. The Labute approximate surface area is 173 Å². The van der Waals surface area contributed by atoms with Crippen molar-refractivity contribution in [3.05, 3.63) is 83.9 Å². The summed E-state index contributed by atoms with van der Waals surface area (Å²) in [6.07, 6.45) is 2.79. The molecular weight excluding hydrogens is 384 g/mol. The maximum absolute atomic E-state index is 12.8. The van der Waals surface area contributed by atoms with Gasteiger partial charge in [-0.3, -0.25) is 14.3 Å². The van der Waals surface area contributed by atoms with Gasteiger partial charge in [-0.05, 0) is 18.6 Å². The van der Waals surface area contributed by atoms with Crippen molar-refractivity contribution in [3.8, 4) is 0 Å². The molecule has 8 nitrogen and oxygen atoms in total. The maximum atomic E-state index is 12.8. The Morgan fingerprint density at radius 3 is 2.47 bits per heavy atom. The molecule has 3 rings (SSSR count). The summed E-state index contributed by atoms with van der Waals surface area (Å²) >= 11 is 0. The van der Waals surface area contributed by atoms with Gasteiger partial charge in [0.05, 0.1) is 19.6 Å². The molecule has 154 valence electrons. The molecule has 0 bridgehead atoms. The van der Waals surface area contributed by atoms with E-state index in [-0.39, 0.29) is 18.2 Å². The number of ether oxygens (including phenoxy) is 1. The fraction of sp³-hybridized carbons (Fsp3) is 0.227. The Bertz CT molecular complexity index is 1020. The number of rotatable bonds is 8. The van der Waals surface area contributed by atoms with E-state index >= 15 is 0 Å². The summed E-state index contributed by atoms with van der Waals surface area (Å²) in [5, 5.41) is 6.65.